The summed E-state index contributed by atoms with van der Waals surface area (Å²) in [6, 6.07) is 27.5. The van der Waals surface area contributed by atoms with Crippen LogP contribution in [0.1, 0.15) is 39.8 Å². The second-order valence-electron chi connectivity index (χ2n) is 10.9. The number of carbonyl (C=O) groups is 2. The van der Waals surface area contributed by atoms with Crippen LogP contribution in [0.5, 0.6) is 17.2 Å². The van der Waals surface area contributed by atoms with Gasteiger partial charge in [0.2, 0.25) is 0 Å². The molecule has 0 fully saturated rings. The Morgan fingerprint density at radius 2 is 1.53 bits per heavy atom. The average Bonchev–Trinajstić information content (AvgIpc) is 3.78. The van der Waals surface area contributed by atoms with Crippen LogP contribution in [0.4, 0.5) is 4.39 Å². The summed E-state index contributed by atoms with van der Waals surface area (Å²) in [5, 5.41) is 18.2. The molecule has 5 aromatic rings. The van der Waals surface area contributed by atoms with E-state index in [-0.39, 0.29) is 30.2 Å². The van der Waals surface area contributed by atoms with Crippen molar-refractivity contribution in [3.8, 4) is 22.9 Å². The Balaban J connectivity index is 1.25. The number of hydrazone groups is 1. The number of halogens is 1. The molecule has 1 atom stereocenters. The smallest absolute Gasteiger partial charge is 0.255 e. The van der Waals surface area contributed by atoms with Gasteiger partial charge in [0.15, 0.2) is 11.0 Å². The lowest BCUT2D eigenvalue weighted by atomic mass is 9.98. The number of ether oxygens (including phenoxy) is 3. The Morgan fingerprint density at radius 1 is 0.857 bits per heavy atom. The van der Waals surface area contributed by atoms with Crippen molar-refractivity contribution in [3.63, 3.8) is 0 Å². The first-order valence-electron chi connectivity index (χ1n) is 15.3. The Labute approximate surface area is 286 Å². The van der Waals surface area contributed by atoms with E-state index < -0.39 is 5.82 Å². The van der Waals surface area contributed by atoms with Crippen molar-refractivity contribution in [3.05, 3.63) is 125 Å². The van der Waals surface area contributed by atoms with Crippen LogP contribution in [0.2, 0.25) is 0 Å². The number of carbonyl (C=O) groups excluding carboxylic acids is 2. The van der Waals surface area contributed by atoms with Crippen LogP contribution in [0.25, 0.3) is 5.69 Å². The van der Waals surface area contributed by atoms with Gasteiger partial charge in [0.05, 0.1) is 50.9 Å². The van der Waals surface area contributed by atoms with Crippen LogP contribution in [0, 0.1) is 5.82 Å². The molecule has 4 aromatic carbocycles. The Bertz CT molecular complexity index is 1970. The van der Waals surface area contributed by atoms with E-state index >= 15 is 0 Å². The molecule has 0 spiro atoms. The van der Waals surface area contributed by atoms with Crippen LogP contribution >= 0.6 is 11.8 Å². The summed E-state index contributed by atoms with van der Waals surface area (Å²) in [5.41, 5.74) is 3.50. The van der Waals surface area contributed by atoms with E-state index in [1.54, 1.807) is 55.2 Å². The zero-order valence-corrected chi connectivity index (χ0v) is 27.8. The second kappa shape index (κ2) is 15.0. The van der Waals surface area contributed by atoms with Gasteiger partial charge < -0.3 is 19.5 Å². The number of benzene rings is 4. The topological polar surface area (TPSA) is 120 Å². The van der Waals surface area contributed by atoms with Crippen molar-refractivity contribution in [2.75, 3.05) is 27.1 Å². The summed E-state index contributed by atoms with van der Waals surface area (Å²) in [6.07, 6.45) is 0.511. The van der Waals surface area contributed by atoms with E-state index in [1.807, 2.05) is 48.5 Å². The number of methoxy groups -OCH3 is 3. The maximum absolute atomic E-state index is 13.9. The number of aromatic nitrogens is 3. The Hall–Kier alpha value is -5.69. The number of hydrogen-bond donors (Lipinski definition) is 1. The lowest BCUT2D eigenvalue weighted by Crippen LogP contribution is -2.28. The minimum absolute atomic E-state index is 0.0109. The SMILES string of the molecule is COc1ccc(C2=NN(C(=O)CSc3nnc(CNC(=O)c4ccccc4OC)n3-c3ccc(F)cc3)C(c3ccc(OC)cc3)C2)cc1. The third kappa shape index (κ3) is 7.41. The summed E-state index contributed by atoms with van der Waals surface area (Å²) in [6.45, 7) is 0.0109. The number of hydrogen-bond acceptors (Lipinski definition) is 9. The highest BCUT2D eigenvalue weighted by Gasteiger charge is 2.33. The molecule has 2 heterocycles. The second-order valence-corrected chi connectivity index (χ2v) is 11.8. The highest BCUT2D eigenvalue weighted by Crippen LogP contribution is 2.35. The summed E-state index contributed by atoms with van der Waals surface area (Å²) < 4.78 is 31.5. The van der Waals surface area contributed by atoms with Crippen molar-refractivity contribution in [2.24, 2.45) is 5.10 Å². The van der Waals surface area contributed by atoms with Crippen molar-refractivity contribution in [1.82, 2.24) is 25.1 Å². The molecule has 1 aliphatic heterocycles. The van der Waals surface area contributed by atoms with Crippen molar-refractivity contribution in [2.45, 2.75) is 24.2 Å². The zero-order chi connectivity index (χ0) is 34.3. The first-order chi connectivity index (χ1) is 23.9. The van der Waals surface area contributed by atoms with E-state index in [1.165, 1.54) is 36.0 Å². The maximum atomic E-state index is 13.9. The van der Waals surface area contributed by atoms with Crippen LogP contribution in [-0.4, -0.2) is 64.4 Å². The average molecular weight is 681 g/mol. The first kappa shape index (κ1) is 33.2. The van der Waals surface area contributed by atoms with Gasteiger partial charge in [-0.05, 0) is 83.9 Å². The summed E-state index contributed by atoms with van der Waals surface area (Å²) >= 11 is 1.17. The van der Waals surface area contributed by atoms with Gasteiger partial charge in [-0.15, -0.1) is 10.2 Å². The molecule has 1 aliphatic rings. The number of amides is 2. The fourth-order valence-electron chi connectivity index (χ4n) is 5.42. The molecule has 11 nitrogen and oxygen atoms in total. The highest BCUT2D eigenvalue weighted by molar-refractivity contribution is 7.99. The number of nitrogens with zero attached hydrogens (tertiary/aromatic N) is 5. The van der Waals surface area contributed by atoms with Gasteiger partial charge in [0.25, 0.3) is 11.8 Å². The van der Waals surface area contributed by atoms with Crippen molar-refractivity contribution >= 4 is 29.3 Å². The first-order valence-corrected chi connectivity index (χ1v) is 16.3. The van der Waals surface area contributed by atoms with Crippen LogP contribution < -0.4 is 19.5 Å². The predicted molar refractivity (Wildman–Crippen MR) is 183 cm³/mol. The summed E-state index contributed by atoms with van der Waals surface area (Å²) in [7, 11) is 4.71. The molecule has 6 rings (SSSR count). The van der Waals surface area contributed by atoms with Gasteiger partial charge in [-0.2, -0.15) is 5.10 Å². The van der Waals surface area contributed by atoms with Gasteiger partial charge in [0, 0.05) is 12.1 Å². The monoisotopic (exact) mass is 680 g/mol. The van der Waals surface area contributed by atoms with Gasteiger partial charge >= 0.3 is 0 Å². The molecular weight excluding hydrogens is 647 g/mol. The van der Waals surface area contributed by atoms with Crippen LogP contribution in [-0.2, 0) is 11.3 Å². The number of rotatable bonds is 12. The molecule has 13 heteroatoms. The lowest BCUT2D eigenvalue weighted by molar-refractivity contribution is -0.130. The van der Waals surface area contributed by atoms with E-state index in [2.05, 4.69) is 15.5 Å². The molecular formula is C36H33FN6O5S. The lowest BCUT2D eigenvalue weighted by Gasteiger charge is -2.22. The highest BCUT2D eigenvalue weighted by atomic mass is 32.2. The fourth-order valence-corrected chi connectivity index (χ4v) is 6.24. The quantitative estimate of drug-likeness (QED) is 0.164. The van der Waals surface area contributed by atoms with E-state index in [0.717, 1.165) is 22.6 Å². The standard InChI is InChI=1S/C36H33FN6O5S/c1-46-27-16-8-23(9-17-27)30-20-31(24-10-18-28(47-2)19-11-24)43(41-30)34(44)22-49-36-40-39-33(42(36)26-14-12-25(37)13-15-26)21-38-35(45)29-6-4-5-7-32(29)48-3/h4-19,31H,20-22H2,1-3H3,(H,38,45). The van der Waals surface area contributed by atoms with Gasteiger partial charge in [-0.3, -0.25) is 14.2 Å². The van der Waals surface area contributed by atoms with Gasteiger partial charge in [-0.1, -0.05) is 36.0 Å². The summed E-state index contributed by atoms with van der Waals surface area (Å²) in [5.74, 6) is 1.23. The molecule has 1 aromatic heterocycles. The number of nitrogens with one attached hydrogen (secondary N) is 1. The molecule has 49 heavy (non-hydrogen) atoms. The molecule has 0 saturated heterocycles. The van der Waals surface area contributed by atoms with Crippen LogP contribution in [0.15, 0.2) is 107 Å². The Kier molecular flexibility index (Phi) is 10.2. The fraction of sp³-hybridized carbons (Fsp3) is 0.194. The van der Waals surface area contributed by atoms with E-state index in [0.29, 0.717) is 40.2 Å². The molecule has 0 radical (unpaired) electrons. The largest absolute Gasteiger partial charge is 0.497 e. The third-order valence-electron chi connectivity index (χ3n) is 7.96. The third-order valence-corrected chi connectivity index (χ3v) is 8.87. The summed E-state index contributed by atoms with van der Waals surface area (Å²) in [4.78, 5) is 26.9. The van der Waals surface area contributed by atoms with E-state index in [4.69, 9.17) is 19.3 Å². The minimum atomic E-state index is -0.406. The van der Waals surface area contributed by atoms with Crippen LogP contribution in [0.3, 0.4) is 0 Å². The molecule has 250 valence electrons. The Morgan fingerprint density at radius 3 is 2.20 bits per heavy atom. The minimum Gasteiger partial charge on any atom is -0.497 e. The number of thioether (sulfide) groups is 1. The zero-order valence-electron chi connectivity index (χ0n) is 27.0. The molecule has 1 N–H and O–H groups in total. The predicted octanol–water partition coefficient (Wildman–Crippen LogP) is 5.83. The van der Waals surface area contributed by atoms with Crippen molar-refractivity contribution < 1.29 is 28.2 Å². The normalized spacial score (nSPS) is 13.9. The molecule has 2 amide bonds. The molecule has 0 saturated carbocycles. The molecule has 0 bridgehead atoms. The maximum Gasteiger partial charge on any atom is 0.255 e. The molecule has 1 unspecified atom stereocenters. The number of para-hydroxylation sites is 1. The van der Waals surface area contributed by atoms with E-state index in [9.17, 15) is 14.0 Å². The molecule has 0 aliphatic carbocycles. The van der Waals surface area contributed by atoms with Gasteiger partial charge in [-0.25, -0.2) is 9.40 Å². The van der Waals surface area contributed by atoms with Gasteiger partial charge in [0.1, 0.15) is 23.1 Å². The van der Waals surface area contributed by atoms with Crippen molar-refractivity contribution in [1.29, 1.82) is 0 Å².